The Labute approximate surface area is 110 Å². The lowest BCUT2D eigenvalue weighted by Gasteiger charge is -2.10. The van der Waals surface area contributed by atoms with E-state index in [2.05, 4.69) is 6.92 Å². The monoisotopic (exact) mass is 262 g/mol. The van der Waals surface area contributed by atoms with Gasteiger partial charge in [0.2, 0.25) is 0 Å². The first kappa shape index (κ1) is 13.5. The summed E-state index contributed by atoms with van der Waals surface area (Å²) in [6.45, 7) is 3.37. The van der Waals surface area contributed by atoms with Crippen LogP contribution in [0, 0.1) is 12.7 Å². The Kier molecular flexibility index (Phi) is 4.10. The van der Waals surface area contributed by atoms with Gasteiger partial charge in [0.05, 0.1) is 6.54 Å². The molecule has 99 valence electrons. The van der Waals surface area contributed by atoms with Crippen LogP contribution < -0.4 is 5.43 Å². The zero-order valence-corrected chi connectivity index (χ0v) is 10.4. The second kappa shape index (κ2) is 5.78. The van der Waals surface area contributed by atoms with Crippen LogP contribution in [0.5, 0.6) is 0 Å². The van der Waals surface area contributed by atoms with E-state index in [9.17, 15) is 13.6 Å². The predicted octanol–water partition coefficient (Wildman–Crippen LogP) is 3.00. The van der Waals surface area contributed by atoms with Gasteiger partial charge >= 0.3 is 0 Å². The van der Waals surface area contributed by atoms with Gasteiger partial charge in [-0.1, -0.05) is 12.1 Å². The van der Waals surface area contributed by atoms with Crippen molar-refractivity contribution in [1.82, 2.24) is 4.57 Å². The number of benzene rings is 1. The first-order valence-corrected chi connectivity index (χ1v) is 6.00. The molecule has 1 aromatic heterocycles. The summed E-state index contributed by atoms with van der Waals surface area (Å²) in [4.78, 5) is 12.2. The highest BCUT2D eigenvalue weighted by molar-refractivity contribution is 5.63. The van der Waals surface area contributed by atoms with Crippen molar-refractivity contribution >= 4 is 0 Å². The van der Waals surface area contributed by atoms with E-state index in [1.54, 1.807) is 29.1 Å². The number of hydrogen-bond donors (Lipinski definition) is 0. The third-order valence-corrected chi connectivity index (χ3v) is 2.92. The van der Waals surface area contributed by atoms with Crippen LogP contribution in [0.3, 0.4) is 0 Å². The zero-order chi connectivity index (χ0) is 13.8. The fraction of sp³-hybridized carbons (Fsp3) is 0.200. The summed E-state index contributed by atoms with van der Waals surface area (Å²) in [6.07, 6.45) is 3.54. The van der Waals surface area contributed by atoms with E-state index in [4.69, 9.17) is 0 Å². The van der Waals surface area contributed by atoms with Crippen molar-refractivity contribution in [3.8, 4) is 11.1 Å². The van der Waals surface area contributed by atoms with Crippen LogP contribution in [0.25, 0.3) is 11.1 Å². The smallest absolute Gasteiger partial charge is 0.192 e. The van der Waals surface area contributed by atoms with Gasteiger partial charge in [0, 0.05) is 23.5 Å². The maximum atomic E-state index is 12.9. The Balaban J connectivity index is 2.57. The molecule has 0 unspecified atom stereocenters. The van der Waals surface area contributed by atoms with E-state index < -0.39 is 6.67 Å². The summed E-state index contributed by atoms with van der Waals surface area (Å²) >= 11 is 0. The molecule has 1 aromatic carbocycles. The summed E-state index contributed by atoms with van der Waals surface area (Å²) in [5.41, 5.74) is 1.44. The molecular weight excluding hydrogens is 248 g/mol. The van der Waals surface area contributed by atoms with Gasteiger partial charge in [-0.3, -0.25) is 4.79 Å². The molecular formula is C15H14F2NO. The third-order valence-electron chi connectivity index (χ3n) is 2.92. The molecule has 0 saturated carbocycles. The molecule has 0 atom stereocenters. The molecule has 0 fully saturated rings. The van der Waals surface area contributed by atoms with Gasteiger partial charge in [-0.15, -0.1) is 0 Å². The Bertz CT molecular complexity index is 617. The Hall–Kier alpha value is -1.97. The van der Waals surface area contributed by atoms with E-state index in [-0.39, 0.29) is 17.8 Å². The van der Waals surface area contributed by atoms with Crippen molar-refractivity contribution in [3.05, 3.63) is 65.2 Å². The number of pyridine rings is 1. The lowest BCUT2D eigenvalue weighted by atomic mass is 10.0. The van der Waals surface area contributed by atoms with Gasteiger partial charge in [0.15, 0.2) is 5.43 Å². The van der Waals surface area contributed by atoms with Crippen molar-refractivity contribution < 1.29 is 8.78 Å². The second-order valence-corrected chi connectivity index (χ2v) is 4.21. The molecule has 0 N–H and O–H groups in total. The van der Waals surface area contributed by atoms with E-state index in [1.807, 2.05) is 0 Å². The van der Waals surface area contributed by atoms with Crippen LogP contribution in [-0.4, -0.2) is 11.2 Å². The first-order valence-electron chi connectivity index (χ1n) is 6.00. The first-order chi connectivity index (χ1) is 9.15. The molecule has 2 aromatic rings. The molecule has 0 aliphatic rings. The average molecular weight is 262 g/mol. The standard InChI is InChI=1S/C15H14F2NO/c1-2-11-9-18(8-7-16)10-14(15(11)19)12-3-5-13(17)6-4-12/h3-6,9-10H,1-2,7-8H2. The highest BCUT2D eigenvalue weighted by atomic mass is 19.1. The molecule has 0 saturated heterocycles. The van der Waals surface area contributed by atoms with Crippen molar-refractivity contribution in [2.45, 2.75) is 13.0 Å². The SMILES string of the molecule is [CH2]Cc1cn(CCF)cc(-c2ccc(F)cc2)c1=O. The quantitative estimate of drug-likeness (QED) is 0.830. The minimum Gasteiger partial charge on any atom is -0.350 e. The Morgan fingerprint density at radius 1 is 1.16 bits per heavy atom. The van der Waals surface area contributed by atoms with Gasteiger partial charge in [-0.25, -0.2) is 8.78 Å². The van der Waals surface area contributed by atoms with Crippen molar-refractivity contribution in [1.29, 1.82) is 0 Å². The van der Waals surface area contributed by atoms with E-state index >= 15 is 0 Å². The summed E-state index contributed by atoms with van der Waals surface area (Å²) in [5.74, 6) is -0.360. The lowest BCUT2D eigenvalue weighted by Crippen LogP contribution is -2.16. The van der Waals surface area contributed by atoms with Crippen molar-refractivity contribution in [3.63, 3.8) is 0 Å². The van der Waals surface area contributed by atoms with Crippen molar-refractivity contribution in [2.24, 2.45) is 0 Å². The molecule has 1 radical (unpaired) electrons. The second-order valence-electron chi connectivity index (χ2n) is 4.21. The zero-order valence-electron chi connectivity index (χ0n) is 10.4. The van der Waals surface area contributed by atoms with Gasteiger partial charge < -0.3 is 4.57 Å². The molecule has 19 heavy (non-hydrogen) atoms. The number of nitrogens with zero attached hydrogens (tertiary/aromatic N) is 1. The fourth-order valence-corrected chi connectivity index (χ4v) is 1.93. The Morgan fingerprint density at radius 3 is 2.42 bits per heavy atom. The molecule has 0 amide bonds. The number of rotatable bonds is 4. The van der Waals surface area contributed by atoms with E-state index in [1.165, 1.54) is 12.1 Å². The highest BCUT2D eigenvalue weighted by Crippen LogP contribution is 2.16. The van der Waals surface area contributed by atoms with E-state index in [0.29, 0.717) is 23.1 Å². The maximum Gasteiger partial charge on any atom is 0.192 e. The number of aromatic nitrogens is 1. The Morgan fingerprint density at radius 2 is 1.84 bits per heavy atom. The van der Waals surface area contributed by atoms with Crippen LogP contribution in [0.1, 0.15) is 5.56 Å². The minimum absolute atomic E-state index is 0.142. The van der Waals surface area contributed by atoms with Crippen LogP contribution in [0.2, 0.25) is 0 Å². The number of halogens is 2. The molecule has 0 bridgehead atoms. The van der Waals surface area contributed by atoms with Crippen molar-refractivity contribution in [2.75, 3.05) is 6.67 Å². The average Bonchev–Trinajstić information content (AvgIpc) is 2.42. The molecule has 0 aliphatic carbocycles. The molecule has 0 aliphatic heterocycles. The molecule has 1 heterocycles. The molecule has 2 rings (SSSR count). The molecule has 0 spiro atoms. The number of alkyl halides is 1. The number of hydrogen-bond acceptors (Lipinski definition) is 1. The summed E-state index contributed by atoms with van der Waals surface area (Å²) in [6, 6.07) is 5.67. The summed E-state index contributed by atoms with van der Waals surface area (Å²) < 4.78 is 27.0. The van der Waals surface area contributed by atoms with Gasteiger partial charge in [-0.05, 0) is 31.0 Å². The number of aryl methyl sites for hydroxylation is 1. The summed E-state index contributed by atoms with van der Waals surface area (Å²) in [7, 11) is 0. The molecule has 4 heteroatoms. The lowest BCUT2D eigenvalue weighted by molar-refractivity contribution is 0.444. The topological polar surface area (TPSA) is 22.0 Å². The highest BCUT2D eigenvalue weighted by Gasteiger charge is 2.09. The van der Waals surface area contributed by atoms with Crippen LogP contribution in [-0.2, 0) is 13.0 Å². The van der Waals surface area contributed by atoms with Gasteiger partial charge in [0.25, 0.3) is 0 Å². The largest absolute Gasteiger partial charge is 0.350 e. The van der Waals surface area contributed by atoms with Gasteiger partial charge in [-0.2, -0.15) is 0 Å². The summed E-state index contributed by atoms with van der Waals surface area (Å²) in [5, 5.41) is 0. The van der Waals surface area contributed by atoms with Crippen LogP contribution >= 0.6 is 0 Å². The minimum atomic E-state index is -0.512. The van der Waals surface area contributed by atoms with Crippen LogP contribution in [0.4, 0.5) is 8.78 Å². The maximum absolute atomic E-state index is 12.9. The van der Waals surface area contributed by atoms with Crippen LogP contribution in [0.15, 0.2) is 41.5 Å². The van der Waals surface area contributed by atoms with Gasteiger partial charge in [0.1, 0.15) is 12.5 Å². The predicted molar refractivity (Wildman–Crippen MR) is 71.1 cm³/mol. The molecule has 2 nitrogen and oxygen atoms in total. The third kappa shape index (κ3) is 2.89. The fourth-order valence-electron chi connectivity index (χ4n) is 1.93. The normalized spacial score (nSPS) is 10.7. The van der Waals surface area contributed by atoms with E-state index in [0.717, 1.165) is 0 Å².